The van der Waals surface area contributed by atoms with E-state index in [2.05, 4.69) is 19.7 Å². The smallest absolute Gasteiger partial charge is 0.150 e. The number of rotatable bonds is 5. The van der Waals surface area contributed by atoms with Gasteiger partial charge in [0.25, 0.3) is 0 Å². The van der Waals surface area contributed by atoms with Crippen molar-refractivity contribution >= 4 is 17.9 Å². The summed E-state index contributed by atoms with van der Waals surface area (Å²) in [7, 11) is 0. The molecule has 0 aliphatic rings. The molecular formula is C15H14O. The molecule has 0 aliphatic carbocycles. The van der Waals surface area contributed by atoms with E-state index in [1.807, 2.05) is 18.2 Å². The fourth-order valence-corrected chi connectivity index (χ4v) is 1.45. The Balaban J connectivity index is 3.31. The van der Waals surface area contributed by atoms with Gasteiger partial charge in [-0.3, -0.25) is 4.79 Å². The summed E-state index contributed by atoms with van der Waals surface area (Å²) in [5.74, 6) is 0. The summed E-state index contributed by atoms with van der Waals surface area (Å²) >= 11 is 0. The van der Waals surface area contributed by atoms with Crippen LogP contribution in [0.1, 0.15) is 21.5 Å². The molecule has 0 aromatic heterocycles. The molecule has 80 valence electrons. The standard InChI is InChI=1S/C15H14O/c1-4-7-12(5-2)14-8-9-15(11-16)13(6-3)10-14/h4-11H,1-3H2/b12-7+. The number of hydrogen-bond donors (Lipinski definition) is 0. The average molecular weight is 210 g/mol. The van der Waals surface area contributed by atoms with Crippen LogP contribution in [0.25, 0.3) is 11.6 Å². The van der Waals surface area contributed by atoms with Crippen LogP contribution in [0.4, 0.5) is 0 Å². The van der Waals surface area contributed by atoms with E-state index in [0.29, 0.717) is 5.56 Å². The van der Waals surface area contributed by atoms with Crippen molar-refractivity contribution in [1.29, 1.82) is 0 Å². The highest BCUT2D eigenvalue weighted by Gasteiger charge is 2.02. The zero-order valence-electron chi connectivity index (χ0n) is 9.15. The second-order valence-electron chi connectivity index (χ2n) is 3.23. The Labute approximate surface area is 96.1 Å². The summed E-state index contributed by atoms with van der Waals surface area (Å²) in [4.78, 5) is 10.8. The van der Waals surface area contributed by atoms with Gasteiger partial charge in [0, 0.05) is 5.56 Å². The topological polar surface area (TPSA) is 17.1 Å². The summed E-state index contributed by atoms with van der Waals surface area (Å²) < 4.78 is 0. The van der Waals surface area contributed by atoms with E-state index < -0.39 is 0 Å². The Hall–Kier alpha value is -2.15. The second-order valence-corrected chi connectivity index (χ2v) is 3.23. The lowest BCUT2D eigenvalue weighted by atomic mass is 9.99. The van der Waals surface area contributed by atoms with Gasteiger partial charge in [0.15, 0.2) is 6.29 Å². The van der Waals surface area contributed by atoms with Crippen LogP contribution in [0.3, 0.4) is 0 Å². The molecular weight excluding hydrogens is 196 g/mol. The molecule has 0 N–H and O–H groups in total. The second kappa shape index (κ2) is 5.66. The highest BCUT2D eigenvalue weighted by molar-refractivity contribution is 5.84. The number of benzene rings is 1. The van der Waals surface area contributed by atoms with Crippen LogP contribution in [-0.2, 0) is 0 Å². The van der Waals surface area contributed by atoms with E-state index in [0.717, 1.165) is 23.0 Å². The minimum atomic E-state index is 0.640. The molecule has 0 saturated heterocycles. The molecule has 1 heteroatoms. The van der Waals surface area contributed by atoms with Crippen molar-refractivity contribution in [1.82, 2.24) is 0 Å². The molecule has 0 spiro atoms. The van der Waals surface area contributed by atoms with E-state index in [9.17, 15) is 4.79 Å². The summed E-state index contributed by atoms with van der Waals surface area (Å²) in [6, 6.07) is 5.57. The van der Waals surface area contributed by atoms with Crippen molar-refractivity contribution in [2.45, 2.75) is 0 Å². The van der Waals surface area contributed by atoms with Crippen molar-refractivity contribution in [3.8, 4) is 0 Å². The maximum absolute atomic E-state index is 10.8. The van der Waals surface area contributed by atoms with E-state index in [4.69, 9.17) is 0 Å². The predicted molar refractivity (Wildman–Crippen MR) is 70.3 cm³/mol. The van der Waals surface area contributed by atoms with Crippen LogP contribution in [0, 0.1) is 0 Å². The molecule has 0 bridgehead atoms. The van der Waals surface area contributed by atoms with Gasteiger partial charge in [0.1, 0.15) is 0 Å². The van der Waals surface area contributed by atoms with Crippen LogP contribution < -0.4 is 0 Å². The molecule has 0 heterocycles. The lowest BCUT2D eigenvalue weighted by molar-refractivity contribution is 0.112. The van der Waals surface area contributed by atoms with Crippen molar-refractivity contribution < 1.29 is 4.79 Å². The Morgan fingerprint density at radius 1 is 1.12 bits per heavy atom. The number of aldehydes is 1. The highest BCUT2D eigenvalue weighted by atomic mass is 16.1. The Morgan fingerprint density at radius 2 is 1.88 bits per heavy atom. The van der Waals surface area contributed by atoms with E-state index in [1.165, 1.54) is 0 Å². The van der Waals surface area contributed by atoms with E-state index >= 15 is 0 Å². The van der Waals surface area contributed by atoms with Gasteiger partial charge in [-0.25, -0.2) is 0 Å². The van der Waals surface area contributed by atoms with Gasteiger partial charge < -0.3 is 0 Å². The van der Waals surface area contributed by atoms with Crippen molar-refractivity contribution in [2.24, 2.45) is 0 Å². The third-order valence-corrected chi connectivity index (χ3v) is 2.28. The van der Waals surface area contributed by atoms with Gasteiger partial charge in [-0.15, -0.1) is 0 Å². The van der Waals surface area contributed by atoms with E-state index in [1.54, 1.807) is 24.3 Å². The van der Waals surface area contributed by atoms with Gasteiger partial charge in [-0.2, -0.15) is 0 Å². The largest absolute Gasteiger partial charge is 0.298 e. The number of carbonyl (C=O) groups is 1. The van der Waals surface area contributed by atoms with Gasteiger partial charge in [-0.05, 0) is 22.8 Å². The maximum Gasteiger partial charge on any atom is 0.150 e. The molecule has 0 atom stereocenters. The first-order valence-electron chi connectivity index (χ1n) is 4.94. The average Bonchev–Trinajstić information content (AvgIpc) is 2.35. The first-order valence-corrected chi connectivity index (χ1v) is 4.94. The third kappa shape index (κ3) is 2.45. The van der Waals surface area contributed by atoms with Gasteiger partial charge in [0.05, 0.1) is 0 Å². The van der Waals surface area contributed by atoms with Crippen LogP contribution in [0.2, 0.25) is 0 Å². The Kier molecular flexibility index (Phi) is 4.22. The maximum atomic E-state index is 10.8. The normalized spacial score (nSPS) is 10.6. The Morgan fingerprint density at radius 3 is 2.38 bits per heavy atom. The summed E-state index contributed by atoms with van der Waals surface area (Å²) in [5.41, 5.74) is 3.43. The summed E-state index contributed by atoms with van der Waals surface area (Å²) in [6.07, 6.45) is 7.83. The fourth-order valence-electron chi connectivity index (χ4n) is 1.45. The SMILES string of the molecule is C=C/C=C(\C=C)c1ccc(C=O)c(C=C)c1. The first kappa shape index (κ1) is 11.9. The zero-order chi connectivity index (χ0) is 12.0. The van der Waals surface area contributed by atoms with Crippen LogP contribution >= 0.6 is 0 Å². The van der Waals surface area contributed by atoms with Gasteiger partial charge >= 0.3 is 0 Å². The van der Waals surface area contributed by atoms with Crippen molar-refractivity contribution in [3.63, 3.8) is 0 Å². The lowest BCUT2D eigenvalue weighted by Gasteiger charge is -2.05. The molecule has 1 aromatic carbocycles. The molecule has 0 fully saturated rings. The monoisotopic (exact) mass is 210 g/mol. The molecule has 16 heavy (non-hydrogen) atoms. The molecule has 1 rings (SSSR count). The highest BCUT2D eigenvalue weighted by Crippen LogP contribution is 2.20. The van der Waals surface area contributed by atoms with Crippen LogP contribution in [0.5, 0.6) is 0 Å². The number of carbonyl (C=O) groups excluding carboxylic acids is 1. The molecule has 0 unspecified atom stereocenters. The molecule has 0 saturated carbocycles. The lowest BCUT2D eigenvalue weighted by Crippen LogP contribution is -1.89. The fraction of sp³-hybridized carbons (Fsp3) is 0. The minimum absolute atomic E-state index is 0.640. The van der Waals surface area contributed by atoms with Gasteiger partial charge in [-0.1, -0.05) is 56.2 Å². The first-order chi connectivity index (χ1) is 7.76. The minimum Gasteiger partial charge on any atom is -0.298 e. The molecule has 1 aromatic rings. The molecule has 0 radical (unpaired) electrons. The summed E-state index contributed by atoms with van der Waals surface area (Å²) in [5, 5.41) is 0. The van der Waals surface area contributed by atoms with Crippen molar-refractivity contribution in [2.75, 3.05) is 0 Å². The molecule has 0 amide bonds. The number of hydrogen-bond acceptors (Lipinski definition) is 1. The van der Waals surface area contributed by atoms with E-state index in [-0.39, 0.29) is 0 Å². The predicted octanol–water partition coefficient (Wildman–Crippen LogP) is 3.90. The Bertz CT molecular complexity index is 464. The third-order valence-electron chi connectivity index (χ3n) is 2.28. The van der Waals surface area contributed by atoms with Crippen molar-refractivity contribution in [3.05, 3.63) is 72.9 Å². The van der Waals surface area contributed by atoms with Gasteiger partial charge in [0.2, 0.25) is 0 Å². The summed E-state index contributed by atoms with van der Waals surface area (Å²) in [6.45, 7) is 11.1. The molecule has 0 aliphatic heterocycles. The molecule has 1 nitrogen and oxygen atoms in total. The quantitative estimate of drug-likeness (QED) is 0.532. The zero-order valence-corrected chi connectivity index (χ0v) is 9.15. The van der Waals surface area contributed by atoms with Crippen LogP contribution in [-0.4, -0.2) is 6.29 Å². The van der Waals surface area contributed by atoms with Crippen LogP contribution in [0.15, 0.2) is 56.2 Å². The number of allylic oxidation sites excluding steroid dienone is 4.